The van der Waals surface area contributed by atoms with E-state index in [0.29, 0.717) is 10.5 Å². The number of benzene rings is 1. The van der Waals surface area contributed by atoms with Crippen molar-refractivity contribution in [3.05, 3.63) is 35.6 Å². The normalized spacial score (nSPS) is 9.76. The van der Waals surface area contributed by atoms with Crippen LogP contribution < -0.4 is 5.48 Å². The third-order valence-electron chi connectivity index (χ3n) is 1.90. The Morgan fingerprint density at radius 1 is 1.41 bits per heavy atom. The molecule has 2 N–H and O–H groups in total. The third kappa shape index (κ3) is 4.07. The van der Waals surface area contributed by atoms with Crippen LogP contribution >= 0.6 is 0 Å². The van der Waals surface area contributed by atoms with Crippen LogP contribution in [-0.4, -0.2) is 29.2 Å². The maximum atomic E-state index is 12.5. The number of imide groups is 1. The van der Waals surface area contributed by atoms with Crippen molar-refractivity contribution in [3.63, 3.8) is 0 Å². The van der Waals surface area contributed by atoms with Gasteiger partial charge in [0.05, 0.1) is 6.61 Å². The van der Waals surface area contributed by atoms with Crippen molar-refractivity contribution in [2.45, 2.75) is 6.61 Å². The number of rotatable bonds is 3. The molecular weight excluding hydrogens is 231 g/mol. The summed E-state index contributed by atoms with van der Waals surface area (Å²) in [6.45, 7) is 0.0134. The molecule has 1 aromatic carbocycles. The van der Waals surface area contributed by atoms with Gasteiger partial charge in [0.2, 0.25) is 0 Å². The van der Waals surface area contributed by atoms with Crippen molar-refractivity contribution >= 4 is 12.1 Å². The lowest BCUT2D eigenvalue weighted by Crippen LogP contribution is -2.40. The monoisotopic (exact) mass is 242 g/mol. The molecule has 0 aliphatic rings. The summed E-state index contributed by atoms with van der Waals surface area (Å²) in [6, 6.07) is 4.58. The number of carboxylic acid groups (broad SMARTS) is 1. The molecule has 0 spiro atoms. The summed E-state index contributed by atoms with van der Waals surface area (Å²) in [6.07, 6.45) is -1.40. The number of nitrogens with zero attached hydrogens (tertiary/aromatic N) is 1. The van der Waals surface area contributed by atoms with Gasteiger partial charge in [-0.25, -0.2) is 24.4 Å². The Hall–Kier alpha value is -2.15. The Morgan fingerprint density at radius 3 is 2.53 bits per heavy atom. The fourth-order valence-corrected chi connectivity index (χ4v) is 0.917. The van der Waals surface area contributed by atoms with Crippen molar-refractivity contribution in [1.29, 1.82) is 0 Å². The zero-order valence-electron chi connectivity index (χ0n) is 9.01. The fraction of sp³-hybridized carbons (Fsp3) is 0.200. The first kappa shape index (κ1) is 12.9. The second kappa shape index (κ2) is 5.80. The number of halogens is 1. The first-order chi connectivity index (χ1) is 8.00. The molecule has 0 saturated heterocycles. The SMILES string of the molecule is CN(C(=O)O)C(=O)NOCc1ccc(F)cc1. The number of nitrogens with one attached hydrogen (secondary N) is 1. The van der Waals surface area contributed by atoms with Gasteiger partial charge in [-0.1, -0.05) is 12.1 Å². The predicted molar refractivity (Wildman–Crippen MR) is 55.5 cm³/mol. The molecular formula is C10H11FN2O4. The van der Waals surface area contributed by atoms with E-state index in [0.717, 1.165) is 7.05 Å². The van der Waals surface area contributed by atoms with E-state index in [9.17, 15) is 14.0 Å². The van der Waals surface area contributed by atoms with Crippen LogP contribution in [0.2, 0.25) is 0 Å². The first-order valence-corrected chi connectivity index (χ1v) is 4.63. The lowest BCUT2D eigenvalue weighted by Gasteiger charge is -2.12. The minimum absolute atomic E-state index is 0.0134. The van der Waals surface area contributed by atoms with Crippen LogP contribution in [0.25, 0.3) is 0 Å². The maximum Gasteiger partial charge on any atom is 0.415 e. The Balaban J connectivity index is 2.35. The molecule has 0 fully saturated rings. The minimum atomic E-state index is -1.40. The molecule has 17 heavy (non-hydrogen) atoms. The second-order valence-electron chi connectivity index (χ2n) is 3.16. The van der Waals surface area contributed by atoms with Crippen LogP contribution in [0.1, 0.15) is 5.56 Å². The molecule has 0 saturated carbocycles. The van der Waals surface area contributed by atoms with Gasteiger partial charge in [-0.2, -0.15) is 0 Å². The van der Waals surface area contributed by atoms with Crippen LogP contribution in [-0.2, 0) is 11.4 Å². The van der Waals surface area contributed by atoms with Crippen LogP contribution in [0.3, 0.4) is 0 Å². The van der Waals surface area contributed by atoms with Gasteiger partial charge in [0, 0.05) is 7.05 Å². The lowest BCUT2D eigenvalue weighted by atomic mass is 10.2. The summed E-state index contributed by atoms with van der Waals surface area (Å²) < 4.78 is 12.5. The highest BCUT2D eigenvalue weighted by atomic mass is 19.1. The average molecular weight is 242 g/mol. The van der Waals surface area contributed by atoms with Gasteiger partial charge in [-0.15, -0.1) is 0 Å². The Labute approximate surface area is 96.6 Å². The molecule has 0 heterocycles. The van der Waals surface area contributed by atoms with E-state index in [4.69, 9.17) is 9.94 Å². The number of hydrogen-bond acceptors (Lipinski definition) is 3. The van der Waals surface area contributed by atoms with E-state index in [2.05, 4.69) is 0 Å². The molecule has 0 atom stereocenters. The number of urea groups is 1. The zero-order valence-corrected chi connectivity index (χ0v) is 9.01. The average Bonchev–Trinajstić information content (AvgIpc) is 2.30. The summed E-state index contributed by atoms with van der Waals surface area (Å²) in [4.78, 5) is 26.7. The summed E-state index contributed by atoms with van der Waals surface area (Å²) in [5, 5.41) is 8.47. The van der Waals surface area contributed by atoms with Crippen LogP contribution in [0.5, 0.6) is 0 Å². The number of hydroxylamine groups is 1. The fourth-order valence-electron chi connectivity index (χ4n) is 0.917. The molecule has 0 unspecified atom stereocenters. The van der Waals surface area contributed by atoms with Gasteiger partial charge in [0.15, 0.2) is 0 Å². The zero-order chi connectivity index (χ0) is 12.8. The summed E-state index contributed by atoms with van der Waals surface area (Å²) in [5.41, 5.74) is 2.58. The number of amides is 3. The number of hydrogen-bond donors (Lipinski definition) is 2. The Morgan fingerprint density at radius 2 is 2.00 bits per heavy atom. The van der Waals surface area contributed by atoms with Crippen LogP contribution in [0.15, 0.2) is 24.3 Å². The van der Waals surface area contributed by atoms with Gasteiger partial charge in [0.1, 0.15) is 5.82 Å². The summed E-state index contributed by atoms with van der Waals surface area (Å²) >= 11 is 0. The maximum absolute atomic E-state index is 12.5. The van der Waals surface area contributed by atoms with Gasteiger partial charge < -0.3 is 5.11 Å². The van der Waals surface area contributed by atoms with Crippen molar-refractivity contribution in [1.82, 2.24) is 10.4 Å². The Kier molecular flexibility index (Phi) is 4.41. The van der Waals surface area contributed by atoms with E-state index in [1.165, 1.54) is 24.3 Å². The highest BCUT2D eigenvalue weighted by molar-refractivity contribution is 5.88. The van der Waals surface area contributed by atoms with E-state index < -0.39 is 12.1 Å². The topological polar surface area (TPSA) is 78.9 Å². The molecule has 0 radical (unpaired) electrons. The van der Waals surface area contributed by atoms with Crippen molar-refractivity contribution in [3.8, 4) is 0 Å². The molecule has 6 nitrogen and oxygen atoms in total. The van der Waals surface area contributed by atoms with Crippen molar-refractivity contribution < 1.29 is 23.9 Å². The van der Waals surface area contributed by atoms with E-state index in [1.807, 2.05) is 5.48 Å². The van der Waals surface area contributed by atoms with Crippen molar-refractivity contribution in [2.24, 2.45) is 0 Å². The molecule has 0 aromatic heterocycles. The molecule has 92 valence electrons. The number of carbonyl (C=O) groups excluding carboxylic acids is 1. The highest BCUT2D eigenvalue weighted by Crippen LogP contribution is 2.03. The third-order valence-corrected chi connectivity index (χ3v) is 1.90. The molecule has 1 rings (SSSR count). The van der Waals surface area contributed by atoms with Gasteiger partial charge >= 0.3 is 12.1 Å². The van der Waals surface area contributed by atoms with Gasteiger partial charge in [-0.05, 0) is 17.7 Å². The van der Waals surface area contributed by atoms with Gasteiger partial charge in [0.25, 0.3) is 0 Å². The number of carbonyl (C=O) groups is 2. The van der Waals surface area contributed by atoms with Gasteiger partial charge in [-0.3, -0.25) is 4.84 Å². The van der Waals surface area contributed by atoms with Crippen LogP contribution in [0.4, 0.5) is 14.0 Å². The first-order valence-electron chi connectivity index (χ1n) is 4.63. The second-order valence-corrected chi connectivity index (χ2v) is 3.16. The predicted octanol–water partition coefficient (Wildman–Crippen LogP) is 1.58. The summed E-state index contributed by atoms with van der Waals surface area (Å²) in [5.74, 6) is -0.372. The molecule has 7 heteroatoms. The highest BCUT2D eigenvalue weighted by Gasteiger charge is 2.14. The molecule has 1 aromatic rings. The quantitative estimate of drug-likeness (QED) is 0.788. The minimum Gasteiger partial charge on any atom is -0.465 e. The molecule has 3 amide bonds. The standard InChI is InChI=1S/C10H11FN2O4/c1-13(10(15)16)9(14)12-17-6-7-2-4-8(11)5-3-7/h2-5H,6H2,1H3,(H,12,14)(H,15,16). The smallest absolute Gasteiger partial charge is 0.415 e. The summed E-state index contributed by atoms with van der Waals surface area (Å²) in [7, 11) is 1.08. The molecule has 0 aliphatic heterocycles. The van der Waals surface area contributed by atoms with Crippen LogP contribution in [0, 0.1) is 5.82 Å². The van der Waals surface area contributed by atoms with Crippen molar-refractivity contribution in [2.75, 3.05) is 7.05 Å². The van der Waals surface area contributed by atoms with E-state index in [1.54, 1.807) is 0 Å². The molecule has 0 aliphatic carbocycles. The Bertz CT molecular complexity index is 407. The molecule has 0 bridgehead atoms. The largest absolute Gasteiger partial charge is 0.465 e. The van der Waals surface area contributed by atoms with E-state index in [-0.39, 0.29) is 12.4 Å². The van der Waals surface area contributed by atoms with E-state index >= 15 is 0 Å². The lowest BCUT2D eigenvalue weighted by molar-refractivity contribution is 0.0392.